The van der Waals surface area contributed by atoms with Crippen molar-refractivity contribution < 1.29 is 14.6 Å². The molecule has 0 unspecified atom stereocenters. The predicted octanol–water partition coefficient (Wildman–Crippen LogP) is 1.46. The first-order valence-electron chi connectivity index (χ1n) is 4.41. The third kappa shape index (κ3) is 2.62. The van der Waals surface area contributed by atoms with E-state index in [-0.39, 0.29) is 6.61 Å². The Kier molecular flexibility index (Phi) is 4.38. The zero-order valence-electron chi connectivity index (χ0n) is 8.66. The van der Waals surface area contributed by atoms with Gasteiger partial charge in [-0.05, 0) is 17.7 Å². The van der Waals surface area contributed by atoms with Crippen LogP contribution in [0.2, 0.25) is 0 Å². The predicted molar refractivity (Wildman–Crippen MR) is 61.3 cm³/mol. The second kappa shape index (κ2) is 5.34. The van der Waals surface area contributed by atoms with Gasteiger partial charge in [-0.1, -0.05) is 15.9 Å². The van der Waals surface area contributed by atoms with E-state index in [1.807, 2.05) is 0 Å². The van der Waals surface area contributed by atoms with Crippen LogP contribution in [0.4, 0.5) is 0 Å². The van der Waals surface area contributed by atoms with Crippen LogP contribution in [0.1, 0.15) is 11.6 Å². The van der Waals surface area contributed by atoms with E-state index in [1.54, 1.807) is 26.4 Å². The summed E-state index contributed by atoms with van der Waals surface area (Å²) in [7, 11) is 3.12. The lowest BCUT2D eigenvalue weighted by atomic mass is 10.1. The molecular formula is C10H14BrNO3. The number of aliphatic hydroxyl groups is 1. The Hall–Kier alpha value is -0.780. The van der Waals surface area contributed by atoms with Gasteiger partial charge in [-0.25, -0.2) is 0 Å². The maximum atomic E-state index is 8.98. The van der Waals surface area contributed by atoms with E-state index in [4.69, 9.17) is 20.3 Å². The fourth-order valence-corrected chi connectivity index (χ4v) is 1.87. The Morgan fingerprint density at radius 3 is 2.33 bits per heavy atom. The van der Waals surface area contributed by atoms with Gasteiger partial charge >= 0.3 is 0 Å². The van der Waals surface area contributed by atoms with Crippen molar-refractivity contribution in [1.29, 1.82) is 0 Å². The molecule has 1 rings (SSSR count). The monoisotopic (exact) mass is 275 g/mol. The van der Waals surface area contributed by atoms with E-state index < -0.39 is 6.04 Å². The average molecular weight is 276 g/mol. The quantitative estimate of drug-likeness (QED) is 0.873. The summed E-state index contributed by atoms with van der Waals surface area (Å²) >= 11 is 3.37. The molecule has 0 fully saturated rings. The first-order chi connectivity index (χ1) is 7.13. The first kappa shape index (κ1) is 12.3. The molecule has 0 aliphatic carbocycles. The zero-order valence-corrected chi connectivity index (χ0v) is 10.2. The lowest BCUT2D eigenvalue weighted by Gasteiger charge is -2.15. The van der Waals surface area contributed by atoms with Gasteiger partial charge in [0.15, 0.2) is 11.5 Å². The van der Waals surface area contributed by atoms with Crippen molar-refractivity contribution in [3.8, 4) is 11.5 Å². The molecule has 0 spiro atoms. The molecule has 1 atom stereocenters. The number of halogens is 1. The third-order valence-electron chi connectivity index (χ3n) is 2.10. The molecule has 0 amide bonds. The molecular weight excluding hydrogens is 262 g/mol. The van der Waals surface area contributed by atoms with Crippen LogP contribution in [-0.4, -0.2) is 25.9 Å². The summed E-state index contributed by atoms with van der Waals surface area (Å²) in [6.45, 7) is -0.117. The van der Waals surface area contributed by atoms with Crippen LogP contribution in [0.5, 0.6) is 11.5 Å². The van der Waals surface area contributed by atoms with E-state index in [9.17, 15) is 0 Å². The van der Waals surface area contributed by atoms with Crippen LogP contribution in [0.15, 0.2) is 16.6 Å². The SMILES string of the molecule is COc1cc(Br)c([C@@H](N)CO)cc1OC. The van der Waals surface area contributed by atoms with Gasteiger partial charge in [0.1, 0.15) is 0 Å². The standard InChI is InChI=1S/C10H14BrNO3/c1-14-9-3-6(8(12)5-13)7(11)4-10(9)15-2/h3-4,8,13H,5,12H2,1-2H3/t8-/m0/s1. The third-order valence-corrected chi connectivity index (χ3v) is 2.79. The normalized spacial score (nSPS) is 12.3. The molecule has 1 aromatic carbocycles. The number of methoxy groups -OCH3 is 2. The molecule has 0 aromatic heterocycles. The molecule has 0 heterocycles. The smallest absolute Gasteiger partial charge is 0.161 e. The summed E-state index contributed by atoms with van der Waals surface area (Å²) < 4.78 is 11.1. The maximum Gasteiger partial charge on any atom is 0.161 e. The van der Waals surface area contributed by atoms with Gasteiger partial charge in [0, 0.05) is 4.47 Å². The fraction of sp³-hybridized carbons (Fsp3) is 0.400. The lowest BCUT2D eigenvalue weighted by Crippen LogP contribution is -2.15. The molecule has 1 aromatic rings. The van der Waals surface area contributed by atoms with Gasteiger partial charge in [-0.15, -0.1) is 0 Å². The Bertz CT molecular complexity index is 344. The summed E-state index contributed by atoms with van der Waals surface area (Å²) in [5.74, 6) is 1.22. The van der Waals surface area contributed by atoms with E-state index in [0.29, 0.717) is 11.5 Å². The Labute approximate surface area is 97.1 Å². The number of aliphatic hydroxyl groups excluding tert-OH is 1. The van der Waals surface area contributed by atoms with E-state index in [2.05, 4.69) is 15.9 Å². The van der Waals surface area contributed by atoms with Crippen LogP contribution in [0, 0.1) is 0 Å². The van der Waals surface area contributed by atoms with Gasteiger partial charge in [-0.2, -0.15) is 0 Å². The molecule has 0 bridgehead atoms. The summed E-state index contributed by atoms with van der Waals surface area (Å²) in [6.07, 6.45) is 0. The number of nitrogens with two attached hydrogens (primary N) is 1. The van der Waals surface area contributed by atoms with Gasteiger partial charge in [0.2, 0.25) is 0 Å². The van der Waals surface area contributed by atoms with Crippen molar-refractivity contribution in [2.75, 3.05) is 20.8 Å². The largest absolute Gasteiger partial charge is 0.493 e. The summed E-state index contributed by atoms with van der Waals surface area (Å²) in [5.41, 5.74) is 6.52. The van der Waals surface area contributed by atoms with Crippen molar-refractivity contribution in [1.82, 2.24) is 0 Å². The van der Waals surface area contributed by atoms with Crippen LogP contribution < -0.4 is 15.2 Å². The number of benzene rings is 1. The highest BCUT2D eigenvalue weighted by Crippen LogP contribution is 2.35. The molecule has 5 heteroatoms. The first-order valence-corrected chi connectivity index (χ1v) is 5.21. The van der Waals surface area contributed by atoms with Crippen molar-refractivity contribution in [3.63, 3.8) is 0 Å². The van der Waals surface area contributed by atoms with Gasteiger partial charge in [0.25, 0.3) is 0 Å². The second-order valence-electron chi connectivity index (χ2n) is 3.02. The molecule has 84 valence electrons. The van der Waals surface area contributed by atoms with Crippen molar-refractivity contribution in [2.45, 2.75) is 6.04 Å². The summed E-state index contributed by atoms with van der Waals surface area (Å²) in [4.78, 5) is 0. The van der Waals surface area contributed by atoms with Crippen LogP contribution in [-0.2, 0) is 0 Å². The molecule has 0 aliphatic heterocycles. The lowest BCUT2D eigenvalue weighted by molar-refractivity contribution is 0.267. The Morgan fingerprint density at radius 1 is 1.33 bits per heavy atom. The van der Waals surface area contributed by atoms with Gasteiger partial charge < -0.3 is 20.3 Å². The number of hydrogen-bond donors (Lipinski definition) is 2. The number of hydrogen-bond acceptors (Lipinski definition) is 4. The highest BCUT2D eigenvalue weighted by Gasteiger charge is 2.14. The minimum atomic E-state index is -0.431. The molecule has 3 N–H and O–H groups in total. The molecule has 0 aliphatic rings. The van der Waals surface area contributed by atoms with Gasteiger partial charge in [-0.3, -0.25) is 0 Å². The van der Waals surface area contributed by atoms with Crippen molar-refractivity contribution in [3.05, 3.63) is 22.2 Å². The molecule has 0 saturated heterocycles. The average Bonchev–Trinajstić information content (AvgIpc) is 2.27. The van der Waals surface area contributed by atoms with Crippen LogP contribution in [0.3, 0.4) is 0 Å². The molecule has 15 heavy (non-hydrogen) atoms. The van der Waals surface area contributed by atoms with Crippen molar-refractivity contribution in [2.24, 2.45) is 5.73 Å². The maximum absolute atomic E-state index is 8.98. The highest BCUT2D eigenvalue weighted by molar-refractivity contribution is 9.10. The molecule has 4 nitrogen and oxygen atoms in total. The summed E-state index contributed by atoms with van der Waals surface area (Å²) in [5, 5.41) is 8.98. The van der Waals surface area contributed by atoms with E-state index >= 15 is 0 Å². The number of rotatable bonds is 4. The van der Waals surface area contributed by atoms with Crippen molar-refractivity contribution >= 4 is 15.9 Å². The number of ether oxygens (including phenoxy) is 2. The molecule has 0 radical (unpaired) electrons. The highest BCUT2D eigenvalue weighted by atomic mass is 79.9. The Morgan fingerprint density at radius 2 is 1.87 bits per heavy atom. The molecule has 0 saturated carbocycles. The second-order valence-corrected chi connectivity index (χ2v) is 3.87. The minimum absolute atomic E-state index is 0.117. The topological polar surface area (TPSA) is 64.7 Å². The fourth-order valence-electron chi connectivity index (χ4n) is 1.25. The zero-order chi connectivity index (χ0) is 11.4. The van der Waals surface area contributed by atoms with Gasteiger partial charge in [0.05, 0.1) is 26.9 Å². The van der Waals surface area contributed by atoms with E-state index in [1.165, 1.54) is 0 Å². The van der Waals surface area contributed by atoms with E-state index in [0.717, 1.165) is 10.0 Å². The van der Waals surface area contributed by atoms with Crippen LogP contribution >= 0.6 is 15.9 Å². The minimum Gasteiger partial charge on any atom is -0.493 e. The summed E-state index contributed by atoms with van der Waals surface area (Å²) in [6, 6.07) is 3.09. The van der Waals surface area contributed by atoms with Crippen LogP contribution in [0.25, 0.3) is 0 Å². The Balaban J connectivity index is 3.19.